The fraction of sp³-hybridized carbons (Fsp3) is 0.143. The van der Waals surface area contributed by atoms with Crippen LogP contribution in [-0.4, -0.2) is 15.6 Å². The van der Waals surface area contributed by atoms with Crippen LogP contribution in [0.5, 0.6) is 0 Å². The zero-order valence-corrected chi connectivity index (χ0v) is 10.2. The number of allylic oxidation sites excluding steroid dienone is 1. The maximum absolute atomic E-state index is 12.7. The molecule has 4 heteroatoms. The zero-order chi connectivity index (χ0) is 13.1. The van der Waals surface area contributed by atoms with E-state index in [1.807, 2.05) is 0 Å². The lowest BCUT2D eigenvalue weighted by molar-refractivity contribution is 0.104. The Bertz CT molecular complexity index is 597. The number of carbonyl (C=O) groups is 1. The molecule has 0 saturated carbocycles. The van der Waals surface area contributed by atoms with Crippen LogP contribution >= 0.6 is 0 Å². The van der Waals surface area contributed by atoms with Crippen LogP contribution in [0.2, 0.25) is 0 Å². The molecule has 0 aliphatic rings. The van der Waals surface area contributed by atoms with Gasteiger partial charge in [0.2, 0.25) is 0 Å². The van der Waals surface area contributed by atoms with E-state index in [-0.39, 0.29) is 11.6 Å². The van der Waals surface area contributed by atoms with E-state index in [0.717, 1.165) is 5.56 Å². The number of halogens is 1. The average Bonchev–Trinajstić information content (AvgIpc) is 2.67. The number of aryl methyl sites for hydroxylation is 2. The van der Waals surface area contributed by atoms with E-state index < -0.39 is 0 Å². The van der Waals surface area contributed by atoms with Gasteiger partial charge in [0, 0.05) is 13.2 Å². The van der Waals surface area contributed by atoms with Gasteiger partial charge in [-0.05, 0) is 30.7 Å². The summed E-state index contributed by atoms with van der Waals surface area (Å²) in [4.78, 5) is 11.9. The SMILES string of the molecule is Cc1nn(C)cc1C(=O)/C=C/c1ccc(F)cc1. The van der Waals surface area contributed by atoms with Gasteiger partial charge in [0.05, 0.1) is 11.3 Å². The first-order valence-corrected chi connectivity index (χ1v) is 5.54. The number of carbonyl (C=O) groups excluding carboxylic acids is 1. The van der Waals surface area contributed by atoms with Gasteiger partial charge >= 0.3 is 0 Å². The lowest BCUT2D eigenvalue weighted by Crippen LogP contribution is -1.94. The molecule has 92 valence electrons. The molecule has 18 heavy (non-hydrogen) atoms. The van der Waals surface area contributed by atoms with Crippen molar-refractivity contribution in [1.29, 1.82) is 0 Å². The number of benzene rings is 1. The third-order valence-electron chi connectivity index (χ3n) is 2.58. The number of aromatic nitrogens is 2. The smallest absolute Gasteiger partial charge is 0.189 e. The van der Waals surface area contributed by atoms with Crippen molar-refractivity contribution in [1.82, 2.24) is 9.78 Å². The largest absolute Gasteiger partial charge is 0.289 e. The minimum atomic E-state index is -0.290. The first-order chi connectivity index (χ1) is 8.56. The fourth-order valence-corrected chi connectivity index (χ4v) is 1.68. The van der Waals surface area contributed by atoms with Gasteiger partial charge in [0.25, 0.3) is 0 Å². The molecule has 0 N–H and O–H groups in total. The molecule has 0 aliphatic carbocycles. The molecule has 3 nitrogen and oxygen atoms in total. The van der Waals surface area contributed by atoms with Crippen molar-refractivity contribution in [3.63, 3.8) is 0 Å². The number of hydrogen-bond acceptors (Lipinski definition) is 2. The van der Waals surface area contributed by atoms with Crippen LogP contribution in [-0.2, 0) is 7.05 Å². The second-order valence-corrected chi connectivity index (χ2v) is 4.05. The van der Waals surface area contributed by atoms with E-state index in [2.05, 4.69) is 5.10 Å². The summed E-state index contributed by atoms with van der Waals surface area (Å²) in [6, 6.07) is 5.96. The first-order valence-electron chi connectivity index (χ1n) is 5.54. The van der Waals surface area contributed by atoms with E-state index >= 15 is 0 Å². The van der Waals surface area contributed by atoms with Crippen LogP contribution in [0.4, 0.5) is 4.39 Å². The maximum Gasteiger partial charge on any atom is 0.189 e. The molecule has 1 aromatic carbocycles. The van der Waals surface area contributed by atoms with E-state index in [1.165, 1.54) is 18.2 Å². The van der Waals surface area contributed by atoms with Gasteiger partial charge in [0.1, 0.15) is 5.82 Å². The molecule has 1 heterocycles. The minimum absolute atomic E-state index is 0.107. The second-order valence-electron chi connectivity index (χ2n) is 4.05. The average molecular weight is 244 g/mol. The van der Waals surface area contributed by atoms with Gasteiger partial charge in [-0.2, -0.15) is 5.10 Å². The van der Waals surface area contributed by atoms with E-state index in [9.17, 15) is 9.18 Å². The van der Waals surface area contributed by atoms with E-state index in [4.69, 9.17) is 0 Å². The number of nitrogens with zero attached hydrogens (tertiary/aromatic N) is 2. The van der Waals surface area contributed by atoms with Crippen molar-refractivity contribution in [2.45, 2.75) is 6.92 Å². The minimum Gasteiger partial charge on any atom is -0.289 e. The zero-order valence-electron chi connectivity index (χ0n) is 10.2. The molecule has 0 atom stereocenters. The maximum atomic E-state index is 12.7. The van der Waals surface area contributed by atoms with Crippen molar-refractivity contribution in [3.8, 4) is 0 Å². The van der Waals surface area contributed by atoms with Crippen molar-refractivity contribution >= 4 is 11.9 Å². The van der Waals surface area contributed by atoms with Crippen molar-refractivity contribution in [3.05, 3.63) is 59.2 Å². The quantitative estimate of drug-likeness (QED) is 0.614. The summed E-state index contributed by atoms with van der Waals surface area (Å²) >= 11 is 0. The normalized spacial score (nSPS) is 11.1. The molecule has 0 unspecified atom stereocenters. The highest BCUT2D eigenvalue weighted by molar-refractivity contribution is 6.07. The third-order valence-corrected chi connectivity index (χ3v) is 2.58. The molecule has 0 aliphatic heterocycles. The summed E-state index contributed by atoms with van der Waals surface area (Å²) in [5.74, 6) is -0.397. The fourth-order valence-electron chi connectivity index (χ4n) is 1.68. The topological polar surface area (TPSA) is 34.9 Å². The molecule has 0 radical (unpaired) electrons. The Morgan fingerprint density at radius 3 is 2.56 bits per heavy atom. The summed E-state index contributed by atoms with van der Waals surface area (Å²) < 4.78 is 14.3. The molecule has 2 rings (SSSR count). The summed E-state index contributed by atoms with van der Waals surface area (Å²) in [5.41, 5.74) is 2.06. The Balaban J connectivity index is 2.16. The van der Waals surface area contributed by atoms with Crippen LogP contribution < -0.4 is 0 Å². The van der Waals surface area contributed by atoms with Gasteiger partial charge in [-0.1, -0.05) is 18.2 Å². The lowest BCUT2D eigenvalue weighted by Gasteiger charge is -1.93. The lowest BCUT2D eigenvalue weighted by atomic mass is 10.1. The standard InChI is InChI=1S/C14H13FN2O/c1-10-13(9-17(2)16-10)14(18)8-5-11-3-6-12(15)7-4-11/h3-9H,1-2H3/b8-5+. The van der Waals surface area contributed by atoms with E-state index in [0.29, 0.717) is 11.3 Å². The summed E-state index contributed by atoms with van der Waals surface area (Å²) in [6.07, 6.45) is 4.82. The van der Waals surface area contributed by atoms with Crippen molar-refractivity contribution in [2.75, 3.05) is 0 Å². The predicted molar refractivity (Wildman–Crippen MR) is 67.7 cm³/mol. The van der Waals surface area contributed by atoms with Crippen molar-refractivity contribution < 1.29 is 9.18 Å². The predicted octanol–water partition coefficient (Wildman–Crippen LogP) is 2.76. The monoisotopic (exact) mass is 244 g/mol. The molecule has 0 spiro atoms. The van der Waals surface area contributed by atoms with Crippen LogP contribution in [0.3, 0.4) is 0 Å². The summed E-state index contributed by atoms with van der Waals surface area (Å²) in [7, 11) is 1.77. The Morgan fingerprint density at radius 1 is 1.33 bits per heavy atom. The summed E-state index contributed by atoms with van der Waals surface area (Å²) in [5, 5.41) is 4.11. The second kappa shape index (κ2) is 4.96. The van der Waals surface area contributed by atoms with Crippen LogP contribution in [0.25, 0.3) is 6.08 Å². The van der Waals surface area contributed by atoms with Crippen LogP contribution in [0.1, 0.15) is 21.6 Å². The highest BCUT2D eigenvalue weighted by Gasteiger charge is 2.08. The molecule has 0 bridgehead atoms. The van der Waals surface area contributed by atoms with E-state index in [1.54, 1.807) is 43.1 Å². The molecule has 2 aromatic rings. The van der Waals surface area contributed by atoms with Crippen LogP contribution in [0.15, 0.2) is 36.5 Å². The van der Waals surface area contributed by atoms with Gasteiger partial charge in [0.15, 0.2) is 5.78 Å². The highest BCUT2D eigenvalue weighted by Crippen LogP contribution is 2.09. The molecular weight excluding hydrogens is 231 g/mol. The van der Waals surface area contributed by atoms with Gasteiger partial charge in [-0.3, -0.25) is 9.48 Å². The first kappa shape index (κ1) is 12.2. The molecule has 1 aromatic heterocycles. The molecule has 0 amide bonds. The molecule has 0 saturated heterocycles. The van der Waals surface area contributed by atoms with Gasteiger partial charge < -0.3 is 0 Å². The molecular formula is C14H13FN2O. The number of hydrogen-bond donors (Lipinski definition) is 0. The summed E-state index contributed by atoms with van der Waals surface area (Å²) in [6.45, 7) is 1.79. The third kappa shape index (κ3) is 2.71. The Kier molecular flexibility index (Phi) is 3.37. The number of ketones is 1. The highest BCUT2D eigenvalue weighted by atomic mass is 19.1. The Morgan fingerprint density at radius 2 is 2.00 bits per heavy atom. The van der Waals surface area contributed by atoms with Crippen molar-refractivity contribution in [2.24, 2.45) is 7.05 Å². The van der Waals surface area contributed by atoms with Gasteiger partial charge in [-0.25, -0.2) is 4.39 Å². The van der Waals surface area contributed by atoms with Crippen LogP contribution in [0, 0.1) is 12.7 Å². The molecule has 0 fully saturated rings. The Labute approximate surface area is 105 Å². The Hall–Kier alpha value is -2.23. The number of rotatable bonds is 3. The van der Waals surface area contributed by atoms with Gasteiger partial charge in [-0.15, -0.1) is 0 Å².